The topological polar surface area (TPSA) is 52.6 Å². The lowest BCUT2D eigenvalue weighted by molar-refractivity contribution is -0.139. The minimum absolute atomic E-state index is 0.0671. The Labute approximate surface area is 101 Å². The van der Waals surface area contributed by atoms with E-state index in [2.05, 4.69) is 4.74 Å². The number of ether oxygens (including phenoxy) is 2. The zero-order valence-corrected chi connectivity index (χ0v) is 10.0. The summed E-state index contributed by atoms with van der Waals surface area (Å²) in [6.07, 6.45) is -0.864. The van der Waals surface area contributed by atoms with Crippen molar-refractivity contribution in [2.75, 3.05) is 6.61 Å². The van der Waals surface area contributed by atoms with Crippen LogP contribution in [0, 0.1) is 5.92 Å². The second-order valence-corrected chi connectivity index (χ2v) is 4.09. The largest absolute Gasteiger partial charge is 0.516 e. The molecule has 0 N–H and O–H groups in total. The first kappa shape index (κ1) is 13.2. The number of carbonyl (C=O) groups excluding carboxylic acids is 2. The van der Waals surface area contributed by atoms with Gasteiger partial charge in [0.05, 0.1) is 13.0 Å². The Bertz CT molecular complexity index is 370. The maximum atomic E-state index is 11.3. The zero-order chi connectivity index (χ0) is 12.7. The third-order valence-electron chi connectivity index (χ3n) is 1.92. The van der Waals surface area contributed by atoms with Crippen molar-refractivity contribution in [3.8, 4) is 0 Å². The Morgan fingerprint density at radius 1 is 1.18 bits per heavy atom. The predicted molar refractivity (Wildman–Crippen MR) is 62.4 cm³/mol. The minimum atomic E-state index is -0.931. The minimum Gasteiger partial charge on any atom is -0.434 e. The van der Waals surface area contributed by atoms with Gasteiger partial charge in [-0.25, -0.2) is 4.79 Å². The summed E-state index contributed by atoms with van der Waals surface area (Å²) < 4.78 is 9.23. The van der Waals surface area contributed by atoms with Gasteiger partial charge in [0, 0.05) is 0 Å². The van der Waals surface area contributed by atoms with E-state index in [4.69, 9.17) is 4.74 Å². The van der Waals surface area contributed by atoms with E-state index < -0.39 is 12.1 Å². The molecule has 1 rings (SSSR count). The van der Waals surface area contributed by atoms with Gasteiger partial charge in [0.25, 0.3) is 0 Å². The average molecular weight is 236 g/mol. The lowest BCUT2D eigenvalue weighted by Gasteiger charge is -2.06. The van der Waals surface area contributed by atoms with Crippen LogP contribution in [0.2, 0.25) is 0 Å². The number of hydrogen-bond acceptors (Lipinski definition) is 4. The molecule has 4 heteroatoms. The molecule has 0 saturated heterocycles. The summed E-state index contributed by atoms with van der Waals surface area (Å²) in [5.41, 5.74) is 0.800. The van der Waals surface area contributed by atoms with Gasteiger partial charge in [-0.05, 0) is 11.5 Å². The van der Waals surface area contributed by atoms with E-state index in [0.29, 0.717) is 0 Å². The van der Waals surface area contributed by atoms with Crippen LogP contribution < -0.4 is 0 Å². The summed E-state index contributed by atoms with van der Waals surface area (Å²) in [6, 6.07) is 9.08. The number of carbonyl (C=O) groups is 2. The van der Waals surface area contributed by atoms with E-state index in [1.807, 2.05) is 32.0 Å². The summed E-state index contributed by atoms with van der Waals surface area (Å²) in [4.78, 5) is 22.4. The molecule has 0 aliphatic carbocycles. The lowest BCUT2D eigenvalue weighted by atomic mass is 10.2. The fourth-order valence-corrected chi connectivity index (χ4v) is 1.16. The molecule has 0 aliphatic rings. The van der Waals surface area contributed by atoms with Crippen LogP contribution in [0.5, 0.6) is 0 Å². The summed E-state index contributed by atoms with van der Waals surface area (Å²) >= 11 is 0. The van der Waals surface area contributed by atoms with E-state index in [1.54, 1.807) is 12.1 Å². The van der Waals surface area contributed by atoms with E-state index in [1.165, 1.54) is 0 Å². The Kier molecular flexibility index (Phi) is 5.20. The molecule has 0 atom stereocenters. The first-order chi connectivity index (χ1) is 8.08. The van der Waals surface area contributed by atoms with Crippen LogP contribution in [-0.4, -0.2) is 18.7 Å². The number of esters is 1. The van der Waals surface area contributed by atoms with Gasteiger partial charge in [-0.3, -0.25) is 4.79 Å². The summed E-state index contributed by atoms with van der Waals surface area (Å²) in [7, 11) is 0. The van der Waals surface area contributed by atoms with Gasteiger partial charge < -0.3 is 9.47 Å². The highest BCUT2D eigenvalue weighted by Crippen LogP contribution is 2.02. The van der Waals surface area contributed by atoms with Crippen molar-refractivity contribution in [2.45, 2.75) is 20.3 Å². The van der Waals surface area contributed by atoms with Crippen molar-refractivity contribution in [1.29, 1.82) is 0 Å². The van der Waals surface area contributed by atoms with Crippen molar-refractivity contribution in [3.05, 3.63) is 35.9 Å². The van der Waals surface area contributed by atoms with Crippen molar-refractivity contribution >= 4 is 12.1 Å². The maximum absolute atomic E-state index is 11.3. The van der Waals surface area contributed by atoms with E-state index in [9.17, 15) is 9.59 Å². The Morgan fingerprint density at radius 2 is 1.82 bits per heavy atom. The average Bonchev–Trinajstić information content (AvgIpc) is 2.27. The van der Waals surface area contributed by atoms with Gasteiger partial charge >= 0.3 is 12.1 Å². The van der Waals surface area contributed by atoms with Crippen molar-refractivity contribution < 1.29 is 19.1 Å². The van der Waals surface area contributed by atoms with Crippen molar-refractivity contribution in [2.24, 2.45) is 5.92 Å². The monoisotopic (exact) mass is 236 g/mol. The molecule has 0 heterocycles. The molecule has 1 aromatic carbocycles. The molecule has 1 aromatic rings. The molecule has 0 fully saturated rings. The fourth-order valence-electron chi connectivity index (χ4n) is 1.16. The van der Waals surface area contributed by atoms with E-state index >= 15 is 0 Å². The third-order valence-corrected chi connectivity index (χ3v) is 1.92. The molecule has 0 saturated carbocycles. The van der Waals surface area contributed by atoms with Crippen molar-refractivity contribution in [3.63, 3.8) is 0 Å². The Hall–Kier alpha value is -1.84. The molecule has 0 spiro atoms. The second kappa shape index (κ2) is 6.68. The van der Waals surface area contributed by atoms with Gasteiger partial charge in [-0.1, -0.05) is 44.2 Å². The van der Waals surface area contributed by atoms with Crippen LogP contribution in [0.25, 0.3) is 0 Å². The van der Waals surface area contributed by atoms with Gasteiger partial charge in [0.15, 0.2) is 0 Å². The molecular formula is C13H16O4. The molecular weight excluding hydrogens is 220 g/mol. The number of rotatable bonds is 4. The van der Waals surface area contributed by atoms with Crippen molar-refractivity contribution in [1.82, 2.24) is 0 Å². The molecule has 0 amide bonds. The smallest absolute Gasteiger partial charge is 0.434 e. The summed E-state index contributed by atoms with van der Waals surface area (Å²) in [5, 5.41) is 0. The van der Waals surface area contributed by atoms with Crippen LogP contribution in [0.3, 0.4) is 0 Å². The number of benzene rings is 1. The normalized spacial score (nSPS) is 10.1. The first-order valence-corrected chi connectivity index (χ1v) is 5.49. The predicted octanol–water partition coefficient (Wildman–Crippen LogP) is 2.56. The molecule has 0 radical (unpaired) electrons. The molecule has 0 unspecified atom stereocenters. The van der Waals surface area contributed by atoms with Crippen LogP contribution in [0.4, 0.5) is 4.79 Å². The number of hydrogen-bond donors (Lipinski definition) is 0. The lowest BCUT2D eigenvalue weighted by Crippen LogP contribution is -2.17. The molecule has 0 aliphatic heterocycles. The molecule has 0 aromatic heterocycles. The fraction of sp³-hybridized carbons (Fsp3) is 0.385. The highest BCUT2D eigenvalue weighted by Gasteiger charge is 2.12. The van der Waals surface area contributed by atoms with Crippen LogP contribution in [0.1, 0.15) is 19.4 Å². The van der Waals surface area contributed by atoms with E-state index in [0.717, 1.165) is 5.56 Å². The van der Waals surface area contributed by atoms with Gasteiger partial charge in [0.1, 0.15) is 0 Å². The second-order valence-electron chi connectivity index (χ2n) is 4.09. The van der Waals surface area contributed by atoms with Crippen LogP contribution in [0.15, 0.2) is 30.3 Å². The molecule has 0 bridgehead atoms. The van der Waals surface area contributed by atoms with Crippen LogP contribution in [-0.2, 0) is 20.7 Å². The SMILES string of the molecule is CC(C)COC(=O)OC(=O)Cc1ccccc1. The Balaban J connectivity index is 2.32. The maximum Gasteiger partial charge on any atom is 0.516 e. The van der Waals surface area contributed by atoms with Gasteiger partial charge in [0.2, 0.25) is 0 Å². The summed E-state index contributed by atoms with van der Waals surface area (Å²) in [5.74, 6) is -0.392. The molecule has 92 valence electrons. The first-order valence-electron chi connectivity index (χ1n) is 5.49. The Morgan fingerprint density at radius 3 is 2.41 bits per heavy atom. The van der Waals surface area contributed by atoms with Crippen LogP contribution >= 0.6 is 0 Å². The standard InChI is InChI=1S/C13H16O4/c1-10(2)9-16-13(15)17-12(14)8-11-6-4-3-5-7-11/h3-7,10H,8-9H2,1-2H3. The highest BCUT2D eigenvalue weighted by atomic mass is 16.7. The zero-order valence-electron chi connectivity index (χ0n) is 10.0. The van der Waals surface area contributed by atoms with Gasteiger partial charge in [-0.2, -0.15) is 0 Å². The third kappa shape index (κ3) is 5.70. The quantitative estimate of drug-likeness (QED) is 0.595. The molecule has 4 nitrogen and oxygen atoms in total. The van der Waals surface area contributed by atoms with E-state index in [-0.39, 0.29) is 18.9 Å². The highest BCUT2D eigenvalue weighted by molar-refractivity contribution is 5.83. The van der Waals surface area contributed by atoms with Gasteiger partial charge in [-0.15, -0.1) is 0 Å². The molecule has 17 heavy (non-hydrogen) atoms. The summed E-state index contributed by atoms with van der Waals surface area (Å²) in [6.45, 7) is 4.05.